The lowest BCUT2D eigenvalue weighted by Crippen LogP contribution is -2.39. The first-order chi connectivity index (χ1) is 19.9. The molecule has 0 atom stereocenters. The first-order valence-corrected chi connectivity index (χ1v) is 14.8. The predicted molar refractivity (Wildman–Crippen MR) is 166 cm³/mol. The van der Waals surface area contributed by atoms with Crippen molar-refractivity contribution >= 4 is 27.8 Å². The summed E-state index contributed by atoms with van der Waals surface area (Å²) in [5, 5.41) is 4.16. The van der Waals surface area contributed by atoms with Crippen LogP contribution >= 0.6 is 0 Å². The van der Waals surface area contributed by atoms with Gasteiger partial charge in [-0.15, -0.1) is 0 Å². The number of nitrogens with one attached hydrogen (secondary N) is 1. The van der Waals surface area contributed by atoms with Crippen molar-refractivity contribution in [3.8, 4) is 17.2 Å². The molecule has 1 N–H and O–H groups in total. The Hall–Kier alpha value is -4.57. The number of nitrogens with zero attached hydrogens (tertiary/aromatic N) is 3. The number of benzene rings is 3. The molecule has 0 fully saturated rings. The van der Waals surface area contributed by atoms with E-state index in [-0.39, 0.29) is 10.6 Å². The van der Waals surface area contributed by atoms with Crippen molar-refractivity contribution in [3.63, 3.8) is 0 Å². The largest absolute Gasteiger partial charge is 0.493 e. The Bertz CT molecular complexity index is 1740. The molecule has 0 unspecified atom stereocenters. The van der Waals surface area contributed by atoms with Gasteiger partial charge in [0.25, 0.3) is 15.9 Å². The lowest BCUT2D eigenvalue weighted by atomic mass is 10.1. The van der Waals surface area contributed by atoms with Gasteiger partial charge in [-0.1, -0.05) is 18.2 Å². The minimum Gasteiger partial charge on any atom is -0.493 e. The molecule has 0 aliphatic heterocycles. The molecule has 1 aromatic heterocycles. The summed E-state index contributed by atoms with van der Waals surface area (Å²) in [6, 6.07) is 19.9. The monoisotopic (exact) mass is 588 g/mol. The van der Waals surface area contributed by atoms with E-state index < -0.39 is 22.5 Å². The van der Waals surface area contributed by atoms with Gasteiger partial charge in [0.2, 0.25) is 0 Å². The lowest BCUT2D eigenvalue weighted by Gasteiger charge is -2.25. The zero-order chi connectivity index (χ0) is 30.6. The molecule has 0 radical (unpaired) electrons. The number of hydrogen-bond donors (Lipinski definition) is 1. The van der Waals surface area contributed by atoms with Gasteiger partial charge in [-0.25, -0.2) is 13.8 Å². The molecule has 0 saturated carbocycles. The Balaban J connectivity index is 1.61. The highest BCUT2D eigenvalue weighted by Gasteiger charge is 2.29. The van der Waals surface area contributed by atoms with E-state index in [9.17, 15) is 13.2 Å². The fourth-order valence-corrected chi connectivity index (χ4v) is 6.36. The highest BCUT2D eigenvalue weighted by molar-refractivity contribution is 7.92. The van der Waals surface area contributed by atoms with Crippen molar-refractivity contribution in [1.82, 2.24) is 9.99 Å². The molecule has 220 valence electrons. The van der Waals surface area contributed by atoms with E-state index in [1.54, 1.807) is 18.3 Å². The molecule has 4 rings (SSSR count). The highest BCUT2D eigenvalue weighted by Crippen LogP contribution is 2.32. The van der Waals surface area contributed by atoms with Gasteiger partial charge in [-0.2, -0.15) is 5.10 Å². The van der Waals surface area contributed by atoms with E-state index in [0.29, 0.717) is 11.4 Å². The third kappa shape index (κ3) is 6.49. The SMILES string of the molecule is COc1ccc(S(=O)(=O)N(CC(=O)N/N=C\c2cc(C)n(-c3cccc(C)c3)c2C)c2cc(C)cc(C)c2)cc1OC. The zero-order valence-corrected chi connectivity index (χ0v) is 25.7. The summed E-state index contributed by atoms with van der Waals surface area (Å²) in [7, 11) is -1.28. The molecule has 1 heterocycles. The summed E-state index contributed by atoms with van der Waals surface area (Å²) >= 11 is 0. The van der Waals surface area contributed by atoms with Crippen LogP contribution in [-0.2, 0) is 14.8 Å². The number of ether oxygens (including phenoxy) is 2. The standard InChI is InChI=1S/C32H36N4O5S/c1-21-9-8-10-27(14-21)36-24(4)17-26(25(36)5)19-33-34-32(37)20-35(28-15-22(2)13-23(3)16-28)42(38,39)29-11-12-30(40-6)31(18-29)41-7/h8-19H,20H2,1-7H3,(H,34,37)/b33-19-. The quantitative estimate of drug-likeness (QED) is 0.198. The van der Waals surface area contributed by atoms with E-state index in [2.05, 4.69) is 21.2 Å². The van der Waals surface area contributed by atoms with Crippen LogP contribution in [0.3, 0.4) is 0 Å². The third-order valence-electron chi connectivity index (χ3n) is 6.85. The molecule has 0 saturated heterocycles. The number of anilines is 1. The van der Waals surface area contributed by atoms with Gasteiger partial charge in [-0.3, -0.25) is 9.10 Å². The summed E-state index contributed by atoms with van der Waals surface area (Å²) < 4.78 is 41.6. The Kier molecular flexibility index (Phi) is 9.06. The van der Waals surface area contributed by atoms with Gasteiger partial charge < -0.3 is 14.0 Å². The average molecular weight is 589 g/mol. The maximum Gasteiger partial charge on any atom is 0.264 e. The van der Waals surface area contributed by atoms with Crippen molar-refractivity contribution in [2.45, 2.75) is 39.5 Å². The van der Waals surface area contributed by atoms with Crippen LogP contribution in [0.25, 0.3) is 5.69 Å². The normalized spacial score (nSPS) is 11.5. The maximum absolute atomic E-state index is 13.9. The van der Waals surface area contributed by atoms with E-state index >= 15 is 0 Å². The van der Waals surface area contributed by atoms with Crippen LogP contribution in [0.1, 0.15) is 33.6 Å². The molecular formula is C32H36N4O5S. The zero-order valence-electron chi connectivity index (χ0n) is 24.9. The molecular weight excluding hydrogens is 552 g/mol. The number of rotatable bonds is 10. The van der Waals surface area contributed by atoms with Crippen molar-refractivity contribution in [2.75, 3.05) is 25.1 Å². The van der Waals surface area contributed by atoms with Crippen LogP contribution in [0.15, 0.2) is 76.7 Å². The van der Waals surface area contributed by atoms with Crippen molar-refractivity contribution < 1.29 is 22.7 Å². The number of hydrogen-bond acceptors (Lipinski definition) is 6. The van der Waals surface area contributed by atoms with E-state index in [0.717, 1.165) is 43.6 Å². The van der Waals surface area contributed by atoms with Gasteiger partial charge in [0.05, 0.1) is 31.0 Å². The molecule has 0 aliphatic carbocycles. The van der Waals surface area contributed by atoms with Gasteiger partial charge in [0.15, 0.2) is 11.5 Å². The fraction of sp³-hybridized carbons (Fsp3) is 0.250. The second-order valence-corrected chi connectivity index (χ2v) is 12.0. The minimum atomic E-state index is -4.18. The lowest BCUT2D eigenvalue weighted by molar-refractivity contribution is -0.119. The molecule has 4 aromatic rings. The second kappa shape index (κ2) is 12.5. The number of sulfonamides is 1. The number of aryl methyl sites for hydroxylation is 4. The summed E-state index contributed by atoms with van der Waals surface area (Å²) in [5.41, 5.74) is 9.59. The number of hydrazone groups is 1. The minimum absolute atomic E-state index is 0.0424. The molecule has 0 aliphatic rings. The van der Waals surface area contributed by atoms with E-state index in [1.807, 2.05) is 65.0 Å². The molecule has 1 amide bonds. The van der Waals surface area contributed by atoms with Crippen molar-refractivity contribution in [2.24, 2.45) is 5.10 Å². The molecule has 10 heteroatoms. The molecule has 3 aromatic carbocycles. The average Bonchev–Trinajstić information content (AvgIpc) is 3.22. The Morgan fingerprint density at radius 2 is 1.57 bits per heavy atom. The van der Waals surface area contributed by atoms with Crippen molar-refractivity contribution in [3.05, 3.63) is 100 Å². The second-order valence-electron chi connectivity index (χ2n) is 10.2. The smallest absolute Gasteiger partial charge is 0.264 e. The third-order valence-corrected chi connectivity index (χ3v) is 8.62. The van der Waals surface area contributed by atoms with Gasteiger partial charge in [0.1, 0.15) is 6.54 Å². The van der Waals surface area contributed by atoms with Crippen LogP contribution in [0.5, 0.6) is 11.5 Å². The topological polar surface area (TPSA) is 102 Å². The number of aromatic nitrogens is 1. The predicted octanol–water partition coefficient (Wildman–Crippen LogP) is 5.38. The molecule has 0 bridgehead atoms. The number of amides is 1. The van der Waals surface area contributed by atoms with Gasteiger partial charge in [-0.05, 0) is 93.8 Å². The summed E-state index contributed by atoms with van der Waals surface area (Å²) in [6.07, 6.45) is 1.57. The van der Waals surface area contributed by atoms with Crippen LogP contribution in [0.4, 0.5) is 5.69 Å². The van der Waals surface area contributed by atoms with Crippen LogP contribution in [0.2, 0.25) is 0 Å². The first kappa shape index (κ1) is 30.4. The summed E-state index contributed by atoms with van der Waals surface area (Å²) in [4.78, 5) is 13.1. The summed E-state index contributed by atoms with van der Waals surface area (Å²) in [5.74, 6) is 0.0569. The Morgan fingerprint density at radius 1 is 0.881 bits per heavy atom. The highest BCUT2D eigenvalue weighted by atomic mass is 32.2. The van der Waals surface area contributed by atoms with Gasteiger partial charge >= 0.3 is 0 Å². The van der Waals surface area contributed by atoms with Crippen molar-refractivity contribution in [1.29, 1.82) is 0 Å². The molecule has 42 heavy (non-hydrogen) atoms. The van der Waals surface area contributed by atoms with Gasteiger partial charge in [0, 0.05) is 28.7 Å². The Morgan fingerprint density at radius 3 is 2.21 bits per heavy atom. The van der Waals surface area contributed by atoms with Crippen LogP contribution in [0, 0.1) is 34.6 Å². The van der Waals surface area contributed by atoms with Crippen LogP contribution < -0.4 is 19.2 Å². The van der Waals surface area contributed by atoms with Crippen LogP contribution in [-0.4, -0.2) is 45.9 Å². The first-order valence-electron chi connectivity index (χ1n) is 13.4. The molecule has 9 nitrogen and oxygen atoms in total. The molecule has 0 spiro atoms. The number of carbonyl (C=O) groups excluding carboxylic acids is 1. The maximum atomic E-state index is 13.9. The van der Waals surface area contributed by atoms with E-state index in [1.165, 1.54) is 32.4 Å². The number of methoxy groups -OCH3 is 2. The Labute approximate surface area is 247 Å². The summed E-state index contributed by atoms with van der Waals surface area (Å²) in [6.45, 7) is 9.29. The number of carbonyl (C=O) groups is 1. The fourth-order valence-electron chi connectivity index (χ4n) is 4.94. The van der Waals surface area contributed by atoms with E-state index in [4.69, 9.17) is 9.47 Å².